The van der Waals surface area contributed by atoms with Crippen molar-refractivity contribution in [1.82, 2.24) is 9.97 Å². The van der Waals surface area contributed by atoms with Gasteiger partial charge in [-0.1, -0.05) is 6.07 Å². The zero-order valence-corrected chi connectivity index (χ0v) is 14.8. The quantitative estimate of drug-likeness (QED) is 0.671. The van der Waals surface area contributed by atoms with Crippen molar-refractivity contribution in [3.05, 3.63) is 64.3 Å². The molecule has 7 heteroatoms. The van der Waals surface area contributed by atoms with Gasteiger partial charge in [-0.2, -0.15) is 0 Å². The van der Waals surface area contributed by atoms with Crippen LogP contribution >= 0.6 is 11.3 Å². The zero-order valence-electron chi connectivity index (χ0n) is 14.0. The molecule has 0 bridgehead atoms. The van der Waals surface area contributed by atoms with Crippen LogP contribution in [0.1, 0.15) is 27.3 Å². The van der Waals surface area contributed by atoms with Crippen molar-refractivity contribution in [1.29, 1.82) is 0 Å². The maximum absolute atomic E-state index is 14.4. The Hall–Kier alpha value is -2.67. The van der Waals surface area contributed by atoms with E-state index in [-0.39, 0.29) is 11.6 Å². The average molecular weight is 371 g/mol. The fourth-order valence-electron chi connectivity index (χ4n) is 3.17. The number of rotatable bonds is 2. The highest BCUT2D eigenvalue weighted by atomic mass is 32.1. The van der Waals surface area contributed by atoms with Gasteiger partial charge in [-0.05, 0) is 43.5 Å². The molecule has 0 unspecified atom stereocenters. The summed E-state index contributed by atoms with van der Waals surface area (Å²) in [5, 5.41) is 0.642. The number of pyridine rings is 1. The van der Waals surface area contributed by atoms with E-state index in [2.05, 4.69) is 9.97 Å². The number of aromatic nitrogens is 2. The van der Waals surface area contributed by atoms with E-state index < -0.39 is 11.6 Å². The molecule has 0 saturated carbocycles. The van der Waals surface area contributed by atoms with Crippen LogP contribution in [0.3, 0.4) is 0 Å². The molecule has 1 aliphatic rings. The van der Waals surface area contributed by atoms with Crippen molar-refractivity contribution < 1.29 is 13.6 Å². The molecule has 4 rings (SSSR count). The lowest BCUT2D eigenvalue weighted by atomic mass is 10.0. The summed E-state index contributed by atoms with van der Waals surface area (Å²) < 4.78 is 27.9. The summed E-state index contributed by atoms with van der Waals surface area (Å²) in [6.45, 7) is 2.15. The van der Waals surface area contributed by atoms with Crippen LogP contribution in [0.4, 0.5) is 14.5 Å². The second kappa shape index (κ2) is 6.57. The number of hydrogen-bond acceptors (Lipinski definition) is 4. The van der Waals surface area contributed by atoms with Crippen molar-refractivity contribution >= 4 is 22.9 Å². The lowest BCUT2D eigenvalue weighted by Gasteiger charge is -2.29. The van der Waals surface area contributed by atoms with Gasteiger partial charge in [-0.15, -0.1) is 11.3 Å². The molecule has 1 aromatic carbocycles. The first kappa shape index (κ1) is 16.8. The molecule has 3 aromatic rings. The first-order chi connectivity index (χ1) is 12.5. The molecule has 1 amide bonds. The largest absolute Gasteiger partial charge is 0.305 e. The summed E-state index contributed by atoms with van der Waals surface area (Å²) in [5.74, 6) is -1.64. The Labute approximate surface area is 153 Å². The van der Waals surface area contributed by atoms with Crippen LogP contribution in [0.15, 0.2) is 36.5 Å². The first-order valence-corrected chi connectivity index (χ1v) is 9.05. The molecule has 0 fully saturated rings. The Bertz CT molecular complexity index is 988. The zero-order chi connectivity index (χ0) is 18.3. The molecule has 132 valence electrons. The molecule has 1 aliphatic heterocycles. The van der Waals surface area contributed by atoms with Gasteiger partial charge in [0.1, 0.15) is 21.5 Å². The van der Waals surface area contributed by atoms with Gasteiger partial charge in [0.05, 0.1) is 17.1 Å². The van der Waals surface area contributed by atoms with Gasteiger partial charge in [0, 0.05) is 18.8 Å². The minimum Gasteiger partial charge on any atom is -0.305 e. The molecule has 0 spiro atoms. The normalized spacial score (nSPS) is 13.6. The lowest BCUT2D eigenvalue weighted by molar-refractivity contribution is 0.0987. The standard InChI is InChI=1S/C19H15F2N3OS/c1-11-17(26-18(23-11)15-6-2-3-7-22-15)19(25)24-8-4-5-12-9-13(20)10-14(21)16(12)24/h2-3,6-7,9-10H,4-5,8H2,1H3. The van der Waals surface area contributed by atoms with Crippen molar-refractivity contribution in [2.24, 2.45) is 0 Å². The van der Waals surface area contributed by atoms with Gasteiger partial charge < -0.3 is 4.90 Å². The molecule has 26 heavy (non-hydrogen) atoms. The summed E-state index contributed by atoms with van der Waals surface area (Å²) in [7, 11) is 0. The Morgan fingerprint density at radius 2 is 2.12 bits per heavy atom. The van der Waals surface area contributed by atoms with Crippen LogP contribution in [0.25, 0.3) is 10.7 Å². The first-order valence-electron chi connectivity index (χ1n) is 8.23. The fraction of sp³-hybridized carbons (Fsp3) is 0.211. The Morgan fingerprint density at radius 3 is 2.88 bits per heavy atom. The number of amides is 1. The molecule has 4 nitrogen and oxygen atoms in total. The topological polar surface area (TPSA) is 46.1 Å². The molecule has 0 aliphatic carbocycles. The highest BCUT2D eigenvalue weighted by Crippen LogP contribution is 2.34. The lowest BCUT2D eigenvalue weighted by Crippen LogP contribution is -2.36. The summed E-state index contributed by atoms with van der Waals surface area (Å²) in [6.07, 6.45) is 2.87. The minimum absolute atomic E-state index is 0.176. The van der Waals surface area contributed by atoms with Crippen LogP contribution in [0.5, 0.6) is 0 Å². The number of hydrogen-bond donors (Lipinski definition) is 0. The third-order valence-corrected chi connectivity index (χ3v) is 5.49. The van der Waals surface area contributed by atoms with Crippen molar-refractivity contribution in [2.45, 2.75) is 19.8 Å². The predicted molar refractivity (Wildman–Crippen MR) is 96.4 cm³/mol. The number of thiazole rings is 1. The SMILES string of the molecule is Cc1nc(-c2ccccn2)sc1C(=O)N1CCCc2cc(F)cc(F)c21. The number of halogens is 2. The number of benzene rings is 1. The van der Waals surface area contributed by atoms with E-state index in [1.165, 1.54) is 22.3 Å². The van der Waals surface area contributed by atoms with Crippen LogP contribution < -0.4 is 4.90 Å². The number of carbonyl (C=O) groups is 1. The Kier molecular flexibility index (Phi) is 4.24. The number of nitrogens with zero attached hydrogens (tertiary/aromatic N) is 3. The average Bonchev–Trinajstić information content (AvgIpc) is 3.03. The van der Waals surface area contributed by atoms with E-state index in [9.17, 15) is 13.6 Å². The third kappa shape index (κ3) is 2.88. The number of fused-ring (bicyclic) bond motifs is 1. The van der Waals surface area contributed by atoms with Crippen LogP contribution in [-0.2, 0) is 6.42 Å². The number of aryl methyl sites for hydroxylation is 2. The van der Waals surface area contributed by atoms with Gasteiger partial charge >= 0.3 is 0 Å². The van der Waals surface area contributed by atoms with E-state index in [4.69, 9.17) is 0 Å². The maximum atomic E-state index is 14.4. The smallest absolute Gasteiger partial charge is 0.270 e. The summed E-state index contributed by atoms with van der Waals surface area (Å²) in [5.41, 5.74) is 1.96. The maximum Gasteiger partial charge on any atom is 0.270 e. The molecule has 0 atom stereocenters. The van der Waals surface area contributed by atoms with E-state index in [1.54, 1.807) is 13.1 Å². The van der Waals surface area contributed by atoms with Gasteiger partial charge in [-0.3, -0.25) is 9.78 Å². The van der Waals surface area contributed by atoms with Gasteiger partial charge in [0.2, 0.25) is 0 Å². The van der Waals surface area contributed by atoms with Crippen LogP contribution in [0, 0.1) is 18.6 Å². The number of carbonyl (C=O) groups excluding carboxylic acids is 1. The van der Waals surface area contributed by atoms with Crippen molar-refractivity contribution in [3.63, 3.8) is 0 Å². The second-order valence-electron chi connectivity index (χ2n) is 6.10. The molecule has 2 aromatic heterocycles. The molecular formula is C19H15F2N3OS. The second-order valence-corrected chi connectivity index (χ2v) is 7.10. The summed E-state index contributed by atoms with van der Waals surface area (Å²) >= 11 is 1.24. The Balaban J connectivity index is 1.73. The molecular weight excluding hydrogens is 356 g/mol. The van der Waals surface area contributed by atoms with Crippen LogP contribution in [-0.4, -0.2) is 22.4 Å². The third-order valence-electron chi connectivity index (χ3n) is 4.32. The molecule has 0 saturated heterocycles. The fourth-order valence-corrected chi connectivity index (χ4v) is 4.16. The van der Waals surface area contributed by atoms with Gasteiger partial charge in [0.25, 0.3) is 5.91 Å². The highest BCUT2D eigenvalue weighted by molar-refractivity contribution is 7.17. The van der Waals surface area contributed by atoms with E-state index in [0.29, 0.717) is 46.2 Å². The molecule has 0 N–H and O–H groups in total. The summed E-state index contributed by atoms with van der Waals surface area (Å²) in [6, 6.07) is 7.61. The van der Waals surface area contributed by atoms with Gasteiger partial charge in [0.15, 0.2) is 0 Å². The van der Waals surface area contributed by atoms with Gasteiger partial charge in [-0.25, -0.2) is 13.8 Å². The molecule has 0 radical (unpaired) electrons. The Morgan fingerprint density at radius 1 is 1.27 bits per heavy atom. The molecule has 3 heterocycles. The van der Waals surface area contributed by atoms with Crippen molar-refractivity contribution in [3.8, 4) is 10.7 Å². The van der Waals surface area contributed by atoms with E-state index >= 15 is 0 Å². The van der Waals surface area contributed by atoms with Crippen molar-refractivity contribution in [2.75, 3.05) is 11.4 Å². The van der Waals surface area contributed by atoms with E-state index in [0.717, 1.165) is 6.07 Å². The summed E-state index contributed by atoms with van der Waals surface area (Å²) in [4.78, 5) is 23.6. The number of anilines is 1. The van der Waals surface area contributed by atoms with Crippen LogP contribution in [0.2, 0.25) is 0 Å². The van der Waals surface area contributed by atoms with E-state index in [1.807, 2.05) is 18.2 Å². The highest BCUT2D eigenvalue weighted by Gasteiger charge is 2.30. The monoisotopic (exact) mass is 371 g/mol. The predicted octanol–water partition coefficient (Wildman–Crippen LogP) is 4.38. The minimum atomic E-state index is -0.708.